The van der Waals surface area contributed by atoms with Gasteiger partial charge in [-0.3, -0.25) is 4.79 Å². The van der Waals surface area contributed by atoms with Crippen LogP contribution in [0, 0.1) is 17.2 Å². The maximum atomic E-state index is 12.7. The number of aliphatic carboxylic acids is 1. The average Bonchev–Trinajstić information content (AvgIpc) is 2.86. The number of hydrogen-bond acceptors (Lipinski definition) is 3. The van der Waals surface area contributed by atoms with E-state index in [4.69, 9.17) is 10.4 Å². The van der Waals surface area contributed by atoms with Gasteiger partial charge in [0.2, 0.25) is 0 Å². The van der Waals surface area contributed by atoms with Gasteiger partial charge in [0, 0.05) is 18.8 Å². The number of benzene rings is 1. The number of carboxylic acids is 1. The minimum atomic E-state index is -4.57. The van der Waals surface area contributed by atoms with Gasteiger partial charge in [-0.05, 0) is 24.6 Å². The summed E-state index contributed by atoms with van der Waals surface area (Å²) in [6.45, 7) is 0.693. The van der Waals surface area contributed by atoms with Crippen molar-refractivity contribution in [2.75, 3.05) is 18.0 Å². The van der Waals surface area contributed by atoms with E-state index in [1.54, 1.807) is 4.90 Å². The summed E-state index contributed by atoms with van der Waals surface area (Å²) >= 11 is 0. The molecule has 1 heterocycles. The number of halogens is 3. The van der Waals surface area contributed by atoms with E-state index in [0.29, 0.717) is 18.7 Å². The van der Waals surface area contributed by atoms with Crippen LogP contribution in [0.3, 0.4) is 0 Å². The minimum absolute atomic E-state index is 0.242. The van der Waals surface area contributed by atoms with Crippen molar-refractivity contribution in [3.63, 3.8) is 0 Å². The van der Waals surface area contributed by atoms with E-state index >= 15 is 0 Å². The smallest absolute Gasteiger partial charge is 0.417 e. The monoisotopic (exact) mass is 284 g/mol. The molecule has 7 heteroatoms. The number of nitrogens with zero attached hydrogens (tertiary/aromatic N) is 2. The van der Waals surface area contributed by atoms with E-state index in [0.717, 1.165) is 12.1 Å². The van der Waals surface area contributed by atoms with E-state index < -0.39 is 29.2 Å². The van der Waals surface area contributed by atoms with Gasteiger partial charge in [0.05, 0.1) is 23.1 Å². The van der Waals surface area contributed by atoms with Gasteiger partial charge in [0.25, 0.3) is 0 Å². The molecule has 1 saturated heterocycles. The van der Waals surface area contributed by atoms with Gasteiger partial charge in [-0.25, -0.2) is 0 Å². The number of anilines is 1. The van der Waals surface area contributed by atoms with Gasteiger partial charge in [0.1, 0.15) is 0 Å². The third kappa shape index (κ3) is 2.69. The largest absolute Gasteiger partial charge is 0.481 e. The fourth-order valence-corrected chi connectivity index (χ4v) is 2.26. The van der Waals surface area contributed by atoms with Crippen LogP contribution in [-0.4, -0.2) is 24.2 Å². The summed E-state index contributed by atoms with van der Waals surface area (Å²) in [4.78, 5) is 12.5. The molecule has 1 aliphatic heterocycles. The Bertz CT molecular complexity index is 578. The Hall–Kier alpha value is -2.23. The average molecular weight is 284 g/mol. The van der Waals surface area contributed by atoms with Crippen LogP contribution in [0.15, 0.2) is 18.2 Å². The molecule has 0 bridgehead atoms. The van der Waals surface area contributed by atoms with Crippen LogP contribution < -0.4 is 4.90 Å². The number of alkyl halides is 3. The van der Waals surface area contributed by atoms with Crippen molar-refractivity contribution < 1.29 is 23.1 Å². The molecule has 1 aromatic carbocycles. The van der Waals surface area contributed by atoms with Crippen LogP contribution >= 0.6 is 0 Å². The zero-order valence-electron chi connectivity index (χ0n) is 10.3. The SMILES string of the molecule is N#Cc1cc(N2CCC(C(=O)O)C2)ccc1C(F)(F)F. The summed E-state index contributed by atoms with van der Waals surface area (Å²) in [5, 5.41) is 17.7. The summed E-state index contributed by atoms with van der Waals surface area (Å²) in [7, 11) is 0. The van der Waals surface area contributed by atoms with E-state index in [1.807, 2.05) is 0 Å². The van der Waals surface area contributed by atoms with Crippen LogP contribution in [0.5, 0.6) is 0 Å². The van der Waals surface area contributed by atoms with E-state index in [9.17, 15) is 18.0 Å². The first-order chi connectivity index (χ1) is 9.32. The van der Waals surface area contributed by atoms with Crippen LogP contribution in [0.25, 0.3) is 0 Å². The van der Waals surface area contributed by atoms with Gasteiger partial charge in [-0.15, -0.1) is 0 Å². The summed E-state index contributed by atoms with van der Waals surface area (Å²) in [5.74, 6) is -1.44. The molecular formula is C13H11F3N2O2. The molecular weight excluding hydrogens is 273 g/mol. The second-order valence-electron chi connectivity index (χ2n) is 4.61. The summed E-state index contributed by atoms with van der Waals surface area (Å²) in [5.41, 5.74) is -0.982. The Balaban J connectivity index is 2.28. The van der Waals surface area contributed by atoms with Crippen LogP contribution in [0.4, 0.5) is 18.9 Å². The lowest BCUT2D eigenvalue weighted by Gasteiger charge is -2.19. The lowest BCUT2D eigenvalue weighted by atomic mass is 10.1. The maximum absolute atomic E-state index is 12.7. The first kappa shape index (κ1) is 14.2. The maximum Gasteiger partial charge on any atom is 0.417 e. The van der Waals surface area contributed by atoms with Gasteiger partial charge < -0.3 is 10.0 Å². The van der Waals surface area contributed by atoms with E-state index in [1.165, 1.54) is 12.1 Å². The highest BCUT2D eigenvalue weighted by atomic mass is 19.4. The molecule has 1 N–H and O–H groups in total. The molecule has 0 aromatic heterocycles. The molecule has 0 saturated carbocycles. The highest BCUT2D eigenvalue weighted by Gasteiger charge is 2.34. The third-order valence-electron chi connectivity index (χ3n) is 3.33. The van der Waals surface area contributed by atoms with Crippen molar-refractivity contribution in [2.24, 2.45) is 5.92 Å². The topological polar surface area (TPSA) is 64.3 Å². The molecule has 0 spiro atoms. The highest BCUT2D eigenvalue weighted by Crippen LogP contribution is 2.34. The number of hydrogen-bond donors (Lipinski definition) is 1. The summed E-state index contributed by atoms with van der Waals surface area (Å²) in [6, 6.07) is 4.83. The van der Waals surface area contributed by atoms with Gasteiger partial charge in [-0.2, -0.15) is 18.4 Å². The van der Waals surface area contributed by atoms with E-state index in [-0.39, 0.29) is 6.54 Å². The minimum Gasteiger partial charge on any atom is -0.481 e. The van der Waals surface area contributed by atoms with Crippen LogP contribution in [0.2, 0.25) is 0 Å². The van der Waals surface area contributed by atoms with Crippen molar-refractivity contribution in [3.05, 3.63) is 29.3 Å². The zero-order valence-corrected chi connectivity index (χ0v) is 10.3. The molecule has 0 radical (unpaired) electrons. The van der Waals surface area contributed by atoms with Gasteiger partial charge in [0.15, 0.2) is 0 Å². The number of carbonyl (C=O) groups is 1. The molecule has 1 atom stereocenters. The molecule has 106 valence electrons. The summed E-state index contributed by atoms with van der Waals surface area (Å²) in [6.07, 6.45) is -4.13. The number of nitriles is 1. The molecule has 1 unspecified atom stereocenters. The Morgan fingerprint density at radius 3 is 2.65 bits per heavy atom. The first-order valence-electron chi connectivity index (χ1n) is 5.92. The molecule has 4 nitrogen and oxygen atoms in total. The second-order valence-corrected chi connectivity index (χ2v) is 4.61. The Kier molecular flexibility index (Phi) is 3.57. The van der Waals surface area contributed by atoms with Crippen LogP contribution in [-0.2, 0) is 11.0 Å². The molecule has 1 fully saturated rings. The van der Waals surface area contributed by atoms with Crippen molar-refractivity contribution in [3.8, 4) is 6.07 Å². The first-order valence-corrected chi connectivity index (χ1v) is 5.92. The standard InChI is InChI=1S/C13H11F3N2O2/c14-13(15,16)11-2-1-10(5-9(11)6-17)18-4-3-8(7-18)12(19)20/h1-2,5,8H,3-4,7H2,(H,19,20). The molecule has 0 amide bonds. The quantitative estimate of drug-likeness (QED) is 0.906. The number of carboxylic acid groups (broad SMARTS) is 1. The van der Waals surface area contributed by atoms with Crippen LogP contribution in [0.1, 0.15) is 17.5 Å². The normalized spacial score (nSPS) is 18.9. The van der Waals surface area contributed by atoms with E-state index in [2.05, 4.69) is 0 Å². The Labute approximate surface area is 113 Å². The zero-order chi connectivity index (χ0) is 14.9. The van der Waals surface area contributed by atoms with Crippen molar-refractivity contribution >= 4 is 11.7 Å². The molecule has 2 rings (SSSR count). The molecule has 0 aliphatic carbocycles. The Morgan fingerprint density at radius 2 is 2.15 bits per heavy atom. The number of rotatable bonds is 2. The molecule has 20 heavy (non-hydrogen) atoms. The predicted molar refractivity (Wildman–Crippen MR) is 64.1 cm³/mol. The highest BCUT2D eigenvalue weighted by molar-refractivity contribution is 5.72. The van der Waals surface area contributed by atoms with Crippen molar-refractivity contribution in [1.82, 2.24) is 0 Å². The lowest BCUT2D eigenvalue weighted by molar-refractivity contribution is -0.141. The molecule has 1 aromatic rings. The third-order valence-corrected chi connectivity index (χ3v) is 3.33. The fourth-order valence-electron chi connectivity index (χ4n) is 2.26. The Morgan fingerprint density at radius 1 is 1.45 bits per heavy atom. The summed E-state index contributed by atoms with van der Waals surface area (Å²) < 4.78 is 38.0. The predicted octanol–water partition coefficient (Wildman–Crippen LogP) is 2.49. The second kappa shape index (κ2) is 5.04. The van der Waals surface area contributed by atoms with Gasteiger partial charge >= 0.3 is 12.1 Å². The van der Waals surface area contributed by atoms with Gasteiger partial charge in [-0.1, -0.05) is 0 Å². The lowest BCUT2D eigenvalue weighted by Crippen LogP contribution is -2.23. The fraction of sp³-hybridized carbons (Fsp3) is 0.385. The van der Waals surface area contributed by atoms with Crippen molar-refractivity contribution in [1.29, 1.82) is 5.26 Å². The molecule has 1 aliphatic rings. The van der Waals surface area contributed by atoms with Crippen molar-refractivity contribution in [2.45, 2.75) is 12.6 Å².